The maximum absolute atomic E-state index is 12.3. The lowest BCUT2D eigenvalue weighted by atomic mass is 10.1. The fourth-order valence-electron chi connectivity index (χ4n) is 2.75. The molecular formula is C17H13Cl2N5O. The summed E-state index contributed by atoms with van der Waals surface area (Å²) in [4.78, 5) is 19.7. The number of carbonyl (C=O) groups is 1. The molecule has 0 atom stereocenters. The second kappa shape index (κ2) is 6.31. The summed E-state index contributed by atoms with van der Waals surface area (Å²) in [6, 6.07) is 8.96. The van der Waals surface area contributed by atoms with Gasteiger partial charge in [0.05, 0.1) is 10.7 Å². The number of carbonyl (C=O) groups excluding carboxylic acids is 1. The van der Waals surface area contributed by atoms with Crippen LogP contribution in [0.5, 0.6) is 0 Å². The smallest absolute Gasteiger partial charge is 0.268 e. The Morgan fingerprint density at radius 3 is 2.72 bits per heavy atom. The van der Waals surface area contributed by atoms with Crippen molar-refractivity contribution in [1.82, 2.24) is 20.7 Å². The van der Waals surface area contributed by atoms with Crippen LogP contribution in [0.2, 0.25) is 10.0 Å². The van der Waals surface area contributed by atoms with Gasteiger partial charge in [0.25, 0.3) is 5.91 Å². The molecule has 0 aliphatic carbocycles. The largest absolute Gasteiger partial charge is 0.350 e. The van der Waals surface area contributed by atoms with E-state index in [4.69, 9.17) is 23.2 Å². The zero-order valence-electron chi connectivity index (χ0n) is 12.9. The van der Waals surface area contributed by atoms with Crippen LogP contribution in [-0.2, 0) is 0 Å². The van der Waals surface area contributed by atoms with Gasteiger partial charge in [0.1, 0.15) is 11.5 Å². The number of aromatic nitrogens is 2. The minimum atomic E-state index is -0.167. The monoisotopic (exact) mass is 373 g/mol. The number of benzene rings is 1. The Morgan fingerprint density at radius 1 is 1.08 bits per heavy atom. The van der Waals surface area contributed by atoms with E-state index >= 15 is 0 Å². The summed E-state index contributed by atoms with van der Waals surface area (Å²) in [5, 5.41) is 4.86. The van der Waals surface area contributed by atoms with Crippen molar-refractivity contribution in [3.63, 3.8) is 0 Å². The van der Waals surface area contributed by atoms with Gasteiger partial charge in [-0.05, 0) is 36.4 Å². The average molecular weight is 374 g/mol. The first kappa shape index (κ1) is 15.8. The van der Waals surface area contributed by atoms with Gasteiger partial charge in [0.15, 0.2) is 0 Å². The molecule has 4 N–H and O–H groups in total. The quantitative estimate of drug-likeness (QED) is 0.529. The summed E-state index contributed by atoms with van der Waals surface area (Å²) < 4.78 is 0. The van der Waals surface area contributed by atoms with Crippen molar-refractivity contribution in [2.75, 3.05) is 12.0 Å². The van der Waals surface area contributed by atoms with E-state index in [9.17, 15) is 4.79 Å². The van der Waals surface area contributed by atoms with Gasteiger partial charge >= 0.3 is 0 Å². The Labute approximate surface area is 153 Å². The first-order chi connectivity index (χ1) is 12.1. The number of fused-ring (bicyclic) bond motifs is 3. The van der Waals surface area contributed by atoms with E-state index < -0.39 is 0 Å². The Morgan fingerprint density at radius 2 is 1.92 bits per heavy atom. The fraction of sp³-hybridized carbons (Fsp3) is 0.0588. The molecule has 6 nitrogen and oxygen atoms in total. The van der Waals surface area contributed by atoms with Crippen molar-refractivity contribution in [3.05, 3.63) is 63.9 Å². The zero-order chi connectivity index (χ0) is 17.4. The van der Waals surface area contributed by atoms with Crippen LogP contribution >= 0.6 is 23.2 Å². The van der Waals surface area contributed by atoms with Gasteiger partial charge in [-0.3, -0.25) is 15.6 Å². The van der Waals surface area contributed by atoms with Gasteiger partial charge in [0.2, 0.25) is 0 Å². The highest BCUT2D eigenvalue weighted by atomic mass is 35.5. The number of nitrogens with zero attached hydrogens (tertiary/aromatic N) is 1. The molecule has 126 valence electrons. The number of halogens is 2. The minimum Gasteiger partial charge on any atom is -0.350 e. The standard InChI is InChI=1S/C17H13Cl2N5O/c18-9-1-3-12-11(7-9)15-13(5-6-20-17(25)16(15)22-12)23-24-14-4-2-10(19)8-21-14/h1-5,7-8,22-23H,6H2,(H,20,25)(H,21,24). The van der Waals surface area contributed by atoms with E-state index in [1.54, 1.807) is 24.4 Å². The second-order valence-corrected chi connectivity index (χ2v) is 6.38. The number of hydrogen-bond donors (Lipinski definition) is 4. The first-order valence-corrected chi connectivity index (χ1v) is 8.31. The summed E-state index contributed by atoms with van der Waals surface area (Å²) in [6.45, 7) is 0.404. The number of hydrazine groups is 1. The molecule has 1 aliphatic heterocycles. The predicted molar refractivity (Wildman–Crippen MR) is 99.6 cm³/mol. The van der Waals surface area contributed by atoms with Crippen LogP contribution in [0.3, 0.4) is 0 Å². The Bertz CT molecular complexity index is 994. The van der Waals surface area contributed by atoms with Gasteiger partial charge in [-0.2, -0.15) is 0 Å². The van der Waals surface area contributed by atoms with Crippen LogP contribution in [0.15, 0.2) is 42.6 Å². The van der Waals surface area contributed by atoms with Crippen LogP contribution in [0.4, 0.5) is 5.82 Å². The average Bonchev–Trinajstić information content (AvgIpc) is 2.90. The highest BCUT2D eigenvalue weighted by molar-refractivity contribution is 6.31. The second-order valence-electron chi connectivity index (χ2n) is 5.50. The SMILES string of the molecule is O=C1NCC=C(NNc2ccc(Cl)cn2)c2c1[nH]c1ccc(Cl)cc21. The molecule has 0 fully saturated rings. The molecule has 0 saturated carbocycles. The zero-order valence-corrected chi connectivity index (χ0v) is 14.4. The van der Waals surface area contributed by atoms with Crippen molar-refractivity contribution in [1.29, 1.82) is 0 Å². The highest BCUT2D eigenvalue weighted by Gasteiger charge is 2.23. The van der Waals surface area contributed by atoms with Crippen LogP contribution in [0.1, 0.15) is 16.1 Å². The van der Waals surface area contributed by atoms with Crippen molar-refractivity contribution < 1.29 is 4.79 Å². The normalized spacial score (nSPS) is 13.7. The lowest BCUT2D eigenvalue weighted by Crippen LogP contribution is -2.22. The molecule has 4 rings (SSSR count). The lowest BCUT2D eigenvalue weighted by Gasteiger charge is -2.12. The van der Waals surface area contributed by atoms with Crippen molar-refractivity contribution in [2.45, 2.75) is 0 Å². The predicted octanol–water partition coefficient (Wildman–Crippen LogP) is 3.57. The van der Waals surface area contributed by atoms with Gasteiger partial charge in [0, 0.05) is 34.2 Å². The van der Waals surface area contributed by atoms with Crippen molar-refractivity contribution in [2.24, 2.45) is 0 Å². The molecule has 25 heavy (non-hydrogen) atoms. The van der Waals surface area contributed by atoms with Crippen LogP contribution in [0.25, 0.3) is 16.6 Å². The molecule has 3 aromatic rings. The number of rotatable bonds is 3. The number of nitrogens with one attached hydrogen (secondary N) is 4. The third-order valence-corrected chi connectivity index (χ3v) is 4.34. The van der Waals surface area contributed by atoms with E-state index in [1.165, 1.54) is 0 Å². The molecule has 0 bridgehead atoms. The molecule has 0 saturated heterocycles. The summed E-state index contributed by atoms with van der Waals surface area (Å²) in [7, 11) is 0. The van der Waals surface area contributed by atoms with Crippen molar-refractivity contribution >= 4 is 51.5 Å². The topological polar surface area (TPSA) is 81.8 Å². The molecule has 3 heterocycles. The Kier molecular flexibility index (Phi) is 3.99. The molecule has 1 aromatic carbocycles. The molecule has 0 spiro atoms. The van der Waals surface area contributed by atoms with Gasteiger partial charge in [-0.15, -0.1) is 0 Å². The summed E-state index contributed by atoms with van der Waals surface area (Å²) >= 11 is 12.0. The third kappa shape index (κ3) is 3.01. The molecule has 0 unspecified atom stereocenters. The summed E-state index contributed by atoms with van der Waals surface area (Å²) in [6.07, 6.45) is 3.44. The Hall–Kier alpha value is -2.70. The Balaban J connectivity index is 1.73. The van der Waals surface area contributed by atoms with E-state index in [-0.39, 0.29) is 5.91 Å². The van der Waals surface area contributed by atoms with E-state index in [1.807, 2.05) is 18.2 Å². The number of anilines is 1. The first-order valence-electron chi connectivity index (χ1n) is 7.55. The number of amides is 1. The lowest BCUT2D eigenvalue weighted by molar-refractivity contribution is 0.0954. The van der Waals surface area contributed by atoms with Gasteiger partial charge in [-0.1, -0.05) is 23.2 Å². The number of pyridine rings is 1. The molecule has 1 amide bonds. The molecule has 1 aliphatic rings. The van der Waals surface area contributed by atoms with E-state index in [0.717, 1.165) is 22.2 Å². The fourth-order valence-corrected chi connectivity index (χ4v) is 3.03. The minimum absolute atomic E-state index is 0.167. The molecule has 2 aromatic heterocycles. The summed E-state index contributed by atoms with van der Waals surface area (Å²) in [5.41, 5.74) is 8.97. The molecular weight excluding hydrogens is 361 g/mol. The number of aromatic amines is 1. The van der Waals surface area contributed by atoms with Crippen LogP contribution in [0, 0.1) is 0 Å². The molecule has 0 radical (unpaired) electrons. The number of hydrogen-bond acceptors (Lipinski definition) is 4. The third-order valence-electron chi connectivity index (χ3n) is 3.88. The maximum Gasteiger partial charge on any atom is 0.268 e. The van der Waals surface area contributed by atoms with Crippen LogP contribution < -0.4 is 16.2 Å². The van der Waals surface area contributed by atoms with Gasteiger partial charge < -0.3 is 10.3 Å². The van der Waals surface area contributed by atoms with Crippen molar-refractivity contribution in [3.8, 4) is 0 Å². The number of H-pyrrole nitrogens is 1. The molecule has 8 heteroatoms. The maximum atomic E-state index is 12.3. The van der Waals surface area contributed by atoms with Crippen LogP contribution in [-0.4, -0.2) is 22.4 Å². The summed E-state index contributed by atoms with van der Waals surface area (Å²) in [5.74, 6) is 0.438. The van der Waals surface area contributed by atoms with E-state index in [0.29, 0.717) is 28.1 Å². The van der Waals surface area contributed by atoms with E-state index in [2.05, 4.69) is 26.1 Å². The van der Waals surface area contributed by atoms with Gasteiger partial charge in [-0.25, -0.2) is 4.98 Å². The highest BCUT2D eigenvalue weighted by Crippen LogP contribution is 2.31.